The summed E-state index contributed by atoms with van der Waals surface area (Å²) in [4.78, 5) is 45.9. The highest BCUT2D eigenvalue weighted by Gasteiger charge is 2.37. The van der Waals surface area contributed by atoms with Gasteiger partial charge in [-0.1, -0.05) is 12.1 Å². The number of benzene rings is 4. The molecule has 0 spiro atoms. The molecule has 0 aromatic heterocycles. The Hall–Kier alpha value is -6.31. The Morgan fingerprint density at radius 3 is 1.25 bits per heavy atom. The SMILES string of the molecule is COc1ccc(OC2CCN(S(=O)(=O)c3cccc(C(=O)O)c3C(=O)NO)CC2)cc1.O=C(O)c1cccc(S(=O)(=O)N2CCC(Oc3ccc(C(F)(F)F)cc3)CC2)c1C(=O)NO. The van der Waals surface area contributed by atoms with Crippen LogP contribution in [0.5, 0.6) is 17.2 Å². The number of aromatic carboxylic acids is 2. The molecule has 0 bridgehead atoms. The van der Waals surface area contributed by atoms with E-state index in [1.165, 1.54) is 39.5 Å². The summed E-state index contributed by atoms with van der Waals surface area (Å²) in [6.07, 6.45) is -3.90. The molecule has 2 aliphatic rings. The number of carboxylic acid groups (broad SMARTS) is 2. The highest BCUT2D eigenvalue weighted by Crippen LogP contribution is 2.33. The van der Waals surface area contributed by atoms with E-state index in [0.29, 0.717) is 24.3 Å². The van der Waals surface area contributed by atoms with Gasteiger partial charge in [0, 0.05) is 26.2 Å². The Morgan fingerprint density at radius 2 is 0.938 bits per heavy atom. The van der Waals surface area contributed by atoms with Crippen LogP contribution in [0.15, 0.2) is 94.7 Å². The fourth-order valence-corrected chi connectivity index (χ4v) is 10.2. The predicted octanol–water partition coefficient (Wildman–Crippen LogP) is 4.50. The molecule has 0 aliphatic carbocycles. The van der Waals surface area contributed by atoms with Gasteiger partial charge in [0.25, 0.3) is 11.8 Å². The van der Waals surface area contributed by atoms with Gasteiger partial charge in [0.05, 0.1) is 44.7 Å². The van der Waals surface area contributed by atoms with E-state index in [9.17, 15) is 59.4 Å². The Bertz CT molecular complexity index is 2560. The zero-order chi connectivity index (χ0) is 47.0. The second-order valence-electron chi connectivity index (χ2n) is 14.0. The number of alkyl halides is 3. The molecule has 0 radical (unpaired) electrons. The van der Waals surface area contributed by atoms with E-state index in [4.69, 9.17) is 24.6 Å². The summed E-state index contributed by atoms with van der Waals surface area (Å²) in [5.74, 6) is -3.99. The van der Waals surface area contributed by atoms with Crippen LogP contribution >= 0.6 is 0 Å². The number of hydrogen-bond donors (Lipinski definition) is 6. The number of hydrogen-bond acceptors (Lipinski definition) is 13. The van der Waals surface area contributed by atoms with Gasteiger partial charge in [-0.2, -0.15) is 21.8 Å². The van der Waals surface area contributed by atoms with Crippen LogP contribution in [0, 0.1) is 0 Å². The van der Waals surface area contributed by atoms with Gasteiger partial charge in [-0.15, -0.1) is 0 Å². The van der Waals surface area contributed by atoms with Crippen molar-refractivity contribution >= 4 is 43.8 Å². The van der Waals surface area contributed by atoms with Crippen LogP contribution in [0.3, 0.4) is 0 Å². The van der Waals surface area contributed by atoms with E-state index in [2.05, 4.69) is 0 Å². The number of rotatable bonds is 13. The van der Waals surface area contributed by atoms with Gasteiger partial charge in [0.1, 0.15) is 29.5 Å². The molecule has 2 saturated heterocycles. The van der Waals surface area contributed by atoms with Crippen LogP contribution in [0.2, 0.25) is 0 Å². The van der Waals surface area contributed by atoms with Crippen molar-refractivity contribution in [2.45, 2.75) is 53.9 Å². The van der Waals surface area contributed by atoms with E-state index in [-0.39, 0.29) is 50.9 Å². The first-order valence-electron chi connectivity index (χ1n) is 19.0. The predicted molar refractivity (Wildman–Crippen MR) is 215 cm³/mol. The molecule has 344 valence electrons. The van der Waals surface area contributed by atoms with Crippen LogP contribution in [0.1, 0.15) is 72.7 Å². The summed E-state index contributed by atoms with van der Waals surface area (Å²) in [6.45, 7) is 0.178. The first kappa shape index (κ1) is 48.7. The van der Waals surface area contributed by atoms with E-state index < -0.39 is 93.7 Å². The number of halogens is 3. The molecule has 0 atom stereocenters. The summed E-state index contributed by atoms with van der Waals surface area (Å²) in [7, 11) is -6.92. The lowest BCUT2D eigenvalue weighted by atomic mass is 10.1. The number of hydroxylamine groups is 2. The number of carbonyl (C=O) groups is 4. The normalized spacial score (nSPS) is 15.5. The minimum absolute atomic E-state index is 0.0366. The molecule has 0 unspecified atom stereocenters. The molecule has 64 heavy (non-hydrogen) atoms. The number of ether oxygens (including phenoxy) is 3. The minimum Gasteiger partial charge on any atom is -0.497 e. The second kappa shape index (κ2) is 20.5. The number of carboxylic acids is 2. The maximum Gasteiger partial charge on any atom is 0.416 e. The molecular formula is C40H41F3N4O15S2. The summed E-state index contributed by atoms with van der Waals surface area (Å²) >= 11 is 0. The Kier molecular flexibility index (Phi) is 15.6. The number of sulfonamides is 2. The number of piperidine rings is 2. The maximum absolute atomic E-state index is 13.2. The van der Waals surface area contributed by atoms with Crippen LogP contribution < -0.4 is 25.2 Å². The third-order valence-electron chi connectivity index (χ3n) is 10.1. The van der Waals surface area contributed by atoms with Gasteiger partial charge in [-0.05, 0) is 98.5 Å². The van der Waals surface area contributed by atoms with Crippen molar-refractivity contribution in [1.82, 2.24) is 19.6 Å². The average molecular weight is 939 g/mol. The zero-order valence-corrected chi connectivity index (χ0v) is 35.2. The highest BCUT2D eigenvalue weighted by molar-refractivity contribution is 7.89. The van der Waals surface area contributed by atoms with Gasteiger partial charge >= 0.3 is 18.1 Å². The molecule has 0 saturated carbocycles. The molecule has 2 heterocycles. The van der Waals surface area contributed by atoms with Gasteiger partial charge in [-0.3, -0.25) is 20.0 Å². The van der Waals surface area contributed by atoms with Crippen LogP contribution in [-0.2, 0) is 26.2 Å². The van der Waals surface area contributed by atoms with E-state index in [0.717, 1.165) is 40.7 Å². The Morgan fingerprint density at radius 1 is 0.594 bits per heavy atom. The topological polar surface area (TPSA) is 276 Å². The molecule has 2 fully saturated rings. The molecule has 6 rings (SSSR count). The Balaban J connectivity index is 0.000000241. The van der Waals surface area contributed by atoms with Gasteiger partial charge < -0.3 is 24.4 Å². The van der Waals surface area contributed by atoms with Crippen LogP contribution in [0.25, 0.3) is 0 Å². The molecular weight excluding hydrogens is 898 g/mol. The first-order valence-corrected chi connectivity index (χ1v) is 21.9. The molecule has 6 N–H and O–H groups in total. The van der Waals surface area contributed by atoms with E-state index in [1.54, 1.807) is 31.4 Å². The summed E-state index contributed by atoms with van der Waals surface area (Å²) in [5.41, 5.74) is -0.666. The van der Waals surface area contributed by atoms with Gasteiger partial charge in [0.15, 0.2) is 0 Å². The van der Waals surface area contributed by atoms with Crippen molar-refractivity contribution in [3.8, 4) is 17.2 Å². The maximum atomic E-state index is 13.2. The lowest BCUT2D eigenvalue weighted by Crippen LogP contribution is -2.42. The molecule has 2 amide bonds. The van der Waals surface area contributed by atoms with Crippen molar-refractivity contribution in [1.29, 1.82) is 0 Å². The Labute approximate surface area is 363 Å². The third kappa shape index (κ3) is 11.2. The fraction of sp³-hybridized carbons (Fsp3) is 0.300. The second-order valence-corrected chi connectivity index (χ2v) is 17.8. The molecule has 4 aromatic carbocycles. The highest BCUT2D eigenvalue weighted by atomic mass is 32.2. The number of nitrogens with zero attached hydrogens (tertiary/aromatic N) is 2. The van der Waals surface area contributed by atoms with Crippen LogP contribution in [-0.4, -0.2) is 115 Å². The summed E-state index contributed by atoms with van der Waals surface area (Å²) < 4.78 is 109. The van der Waals surface area contributed by atoms with Crippen molar-refractivity contribution < 1.29 is 84.0 Å². The number of methoxy groups -OCH3 is 1. The van der Waals surface area contributed by atoms with E-state index >= 15 is 0 Å². The van der Waals surface area contributed by atoms with Gasteiger partial charge in [-0.25, -0.2) is 37.4 Å². The molecule has 19 nitrogen and oxygen atoms in total. The van der Waals surface area contributed by atoms with Gasteiger partial charge in [0.2, 0.25) is 20.0 Å². The van der Waals surface area contributed by atoms with Crippen molar-refractivity contribution in [3.63, 3.8) is 0 Å². The first-order chi connectivity index (χ1) is 30.2. The summed E-state index contributed by atoms with van der Waals surface area (Å²) in [6, 6.07) is 18.0. The van der Waals surface area contributed by atoms with Crippen molar-refractivity contribution in [2.24, 2.45) is 0 Å². The average Bonchev–Trinajstić information content (AvgIpc) is 3.28. The molecule has 2 aliphatic heterocycles. The third-order valence-corrected chi connectivity index (χ3v) is 13.9. The fourth-order valence-electron chi connectivity index (χ4n) is 6.85. The number of carbonyl (C=O) groups excluding carboxylic acids is 2. The zero-order valence-electron chi connectivity index (χ0n) is 33.5. The largest absolute Gasteiger partial charge is 0.497 e. The standard InChI is InChI=1S/C20H19F3N2O7S.C20H22N2O8S/c21-20(22,23)12-4-6-13(7-5-12)32-14-8-10-25(11-9-14)33(30,31)16-3-1-2-15(19(27)28)17(16)18(26)24-29;1-29-13-5-7-14(8-6-13)30-15-9-11-22(12-10-15)31(27,28)17-4-2-3-16(20(24)25)18(17)19(23)21-26/h1-7,14,29H,8-11H2,(H,24,26)(H,27,28);2-8,15,26H,9-12H2,1H3,(H,21,23)(H,24,25). The van der Waals surface area contributed by atoms with Crippen LogP contribution in [0.4, 0.5) is 13.2 Å². The minimum atomic E-state index is -4.47. The number of nitrogens with one attached hydrogen (secondary N) is 2. The summed E-state index contributed by atoms with van der Waals surface area (Å²) in [5, 5.41) is 36.6. The molecule has 4 aromatic rings. The quantitative estimate of drug-likeness (QED) is 0.0796. The smallest absolute Gasteiger partial charge is 0.416 e. The number of amides is 2. The lowest BCUT2D eigenvalue weighted by molar-refractivity contribution is -0.137. The van der Waals surface area contributed by atoms with Crippen molar-refractivity contribution in [3.05, 3.63) is 113 Å². The van der Waals surface area contributed by atoms with E-state index in [1.807, 2.05) is 0 Å². The molecule has 24 heteroatoms. The van der Waals surface area contributed by atoms with Crippen molar-refractivity contribution in [2.75, 3.05) is 33.3 Å². The lowest BCUT2D eigenvalue weighted by Gasteiger charge is -2.32. The monoisotopic (exact) mass is 938 g/mol.